The number of hydrogen-bond donors (Lipinski definition) is 8. The van der Waals surface area contributed by atoms with E-state index >= 15 is 0 Å². The average Bonchev–Trinajstić information content (AvgIpc) is 4.12. The number of nitrogens with one attached hydrogen (secondary N) is 8. The Morgan fingerprint density at radius 2 is 0.734 bits per heavy atom. The molecule has 8 N–H and O–H groups in total. The van der Waals surface area contributed by atoms with Gasteiger partial charge in [0.05, 0.1) is 23.8 Å². The first-order valence-corrected chi connectivity index (χ1v) is 25.7. The van der Waals surface area contributed by atoms with Crippen LogP contribution >= 0.6 is 0 Å². The highest BCUT2D eigenvalue weighted by atomic mass is 32.2. The van der Waals surface area contributed by atoms with Gasteiger partial charge in [-0.25, -0.2) is 21.6 Å². The van der Waals surface area contributed by atoms with Crippen molar-refractivity contribution in [1.29, 1.82) is 0 Å². The quantitative estimate of drug-likeness (QED) is 0.170. The third kappa shape index (κ3) is 47.4. The van der Waals surface area contributed by atoms with Gasteiger partial charge in [0.15, 0.2) is 0 Å². The Hall–Kier alpha value is -2.55. The van der Waals surface area contributed by atoms with E-state index in [2.05, 4.69) is 41.9 Å². The number of amides is 3. The Morgan fingerprint density at radius 3 is 0.953 bits per heavy atom. The lowest BCUT2D eigenvalue weighted by Gasteiger charge is -2.11. The third-order valence-electron chi connectivity index (χ3n) is 9.75. The Morgan fingerprint density at radius 1 is 0.312 bits per heavy atom. The van der Waals surface area contributed by atoms with Crippen LogP contribution in [0.25, 0.3) is 0 Å². The topological polar surface area (TPSA) is 250 Å². The highest BCUT2D eigenvalue weighted by Gasteiger charge is 2.16. The van der Waals surface area contributed by atoms with E-state index < -0.39 is 19.9 Å². The number of Topliss-reactive ketones (excluding diaryl/α,β-unsaturated/α-hetero) is 2. The lowest BCUT2D eigenvalue weighted by atomic mass is 10.2. The highest BCUT2D eigenvalue weighted by Crippen LogP contribution is 2.11. The second kappa shape index (κ2) is 47.0. The normalized spacial score (nSPS) is 21.8. The number of carbonyl (C=O) groups excluding carboxylic acids is 5. The fraction of sp³-hybridized carbons (Fsp3) is 0.889. The van der Waals surface area contributed by atoms with Gasteiger partial charge in [0.2, 0.25) is 27.7 Å². The van der Waals surface area contributed by atoms with E-state index in [1.165, 1.54) is 64.7 Å². The van der Waals surface area contributed by atoms with Crippen LogP contribution in [0, 0.1) is 0 Å². The zero-order valence-corrected chi connectivity index (χ0v) is 37.4. The summed E-state index contributed by atoms with van der Waals surface area (Å²) in [5.41, 5.74) is 0. The maximum absolute atomic E-state index is 10.6. The maximum atomic E-state index is 10.6. The minimum absolute atomic E-state index is 0. The van der Waals surface area contributed by atoms with E-state index in [0.29, 0.717) is 41.9 Å². The van der Waals surface area contributed by atoms with Gasteiger partial charge in [-0.1, -0.05) is 50.0 Å². The zero-order chi connectivity index (χ0) is 43.3. The summed E-state index contributed by atoms with van der Waals surface area (Å²) < 4.78 is 43.9. The predicted octanol–water partition coefficient (Wildman–Crippen LogP) is 4.16. The van der Waals surface area contributed by atoms with Crippen LogP contribution in [0.15, 0.2) is 0 Å². The summed E-state index contributed by atoms with van der Waals surface area (Å²) >= 11 is 0. The van der Waals surface area contributed by atoms with Gasteiger partial charge in [-0.15, -0.1) is 0 Å². The average molecular weight is 959 g/mol. The Kier molecular flexibility index (Phi) is 51.7. The van der Waals surface area contributed by atoms with E-state index in [-0.39, 0.29) is 54.9 Å². The summed E-state index contributed by atoms with van der Waals surface area (Å²) in [6.45, 7) is 11.5. The molecule has 384 valence electrons. The SMILES string of the molecule is C.C.C.C.C.C1CCNCC1.C1CCNCC1.O=C1CCCC1.O=C1CCCN1.O=C1CCCN1.O=C1CCCNCC1.O=C1CNCCN1.O=S1(=O)CCCC1.O=S1(=O)CCCN1. The van der Waals surface area contributed by atoms with E-state index in [0.717, 1.165) is 129 Å². The summed E-state index contributed by atoms with van der Waals surface area (Å²) in [4.78, 5) is 51.4. The number of sulfonamides is 1. The van der Waals surface area contributed by atoms with Crippen LogP contribution in [-0.2, 0) is 43.8 Å². The molecule has 0 aromatic rings. The first-order chi connectivity index (χ1) is 28.4. The molecule has 0 bridgehead atoms. The summed E-state index contributed by atoms with van der Waals surface area (Å²) in [5, 5.41) is 20.7. The van der Waals surface area contributed by atoms with Crippen molar-refractivity contribution < 1.29 is 40.8 Å². The second-order valence-corrected chi connectivity index (χ2v) is 19.6. The van der Waals surface area contributed by atoms with Gasteiger partial charge < -0.3 is 37.2 Å². The molecule has 17 nitrogen and oxygen atoms in total. The largest absolute Gasteiger partial charge is 0.356 e. The fourth-order valence-corrected chi connectivity index (χ4v) is 8.87. The molecule has 0 unspecified atom stereocenters. The third-order valence-corrected chi connectivity index (χ3v) is 13.0. The zero-order valence-electron chi connectivity index (χ0n) is 35.7. The van der Waals surface area contributed by atoms with Crippen LogP contribution in [0.3, 0.4) is 0 Å². The van der Waals surface area contributed by atoms with Gasteiger partial charge in [0, 0.05) is 77.8 Å². The molecule has 1 saturated carbocycles. The summed E-state index contributed by atoms with van der Waals surface area (Å²) in [6, 6.07) is 0. The van der Waals surface area contributed by atoms with Gasteiger partial charge in [-0.05, 0) is 110 Å². The summed E-state index contributed by atoms with van der Waals surface area (Å²) in [5.74, 6) is 2.54. The maximum Gasteiger partial charge on any atom is 0.234 e. The molecule has 8 saturated heterocycles. The van der Waals surface area contributed by atoms with Crippen molar-refractivity contribution in [2.45, 2.75) is 166 Å². The van der Waals surface area contributed by atoms with Crippen molar-refractivity contribution >= 4 is 49.1 Å². The van der Waals surface area contributed by atoms with Crippen LogP contribution < -0.4 is 41.9 Å². The number of piperidine rings is 2. The van der Waals surface area contributed by atoms with Gasteiger partial charge in [-0.3, -0.25) is 24.0 Å². The van der Waals surface area contributed by atoms with Crippen LogP contribution in [0.1, 0.15) is 166 Å². The van der Waals surface area contributed by atoms with Crippen molar-refractivity contribution in [3.05, 3.63) is 0 Å². The van der Waals surface area contributed by atoms with Crippen LogP contribution in [0.2, 0.25) is 0 Å². The number of rotatable bonds is 0. The summed E-state index contributed by atoms with van der Waals surface area (Å²) in [7, 11) is -5.34. The molecule has 1 aliphatic carbocycles. The number of hydrogen-bond acceptors (Lipinski definition) is 13. The lowest BCUT2D eigenvalue weighted by Crippen LogP contribution is -2.44. The molecule has 0 aromatic heterocycles. The number of carbonyl (C=O) groups is 5. The van der Waals surface area contributed by atoms with Crippen molar-refractivity contribution in [2.24, 2.45) is 0 Å². The van der Waals surface area contributed by atoms with E-state index in [4.69, 9.17) is 0 Å². The molecule has 3 amide bonds. The van der Waals surface area contributed by atoms with Crippen LogP contribution in [0.5, 0.6) is 0 Å². The molecule has 0 aromatic carbocycles. The molecule has 64 heavy (non-hydrogen) atoms. The van der Waals surface area contributed by atoms with E-state index in [9.17, 15) is 40.8 Å². The Labute approximate surface area is 391 Å². The molecule has 0 radical (unpaired) electrons. The van der Waals surface area contributed by atoms with Crippen LogP contribution in [0.4, 0.5) is 0 Å². The second-order valence-electron chi connectivity index (χ2n) is 15.4. The first-order valence-electron chi connectivity index (χ1n) is 22.2. The minimum atomic E-state index is -2.80. The molecule has 0 atom stereocenters. The minimum Gasteiger partial charge on any atom is -0.356 e. The van der Waals surface area contributed by atoms with Gasteiger partial charge in [-0.2, -0.15) is 0 Å². The molecule has 9 aliphatic rings. The van der Waals surface area contributed by atoms with Crippen molar-refractivity contribution in [1.82, 2.24) is 41.9 Å². The van der Waals surface area contributed by atoms with Gasteiger partial charge >= 0.3 is 0 Å². The van der Waals surface area contributed by atoms with Crippen LogP contribution in [-0.4, -0.2) is 142 Å². The smallest absolute Gasteiger partial charge is 0.234 e. The lowest BCUT2D eigenvalue weighted by molar-refractivity contribution is -0.121. The van der Waals surface area contributed by atoms with Gasteiger partial charge in [0.1, 0.15) is 21.4 Å². The fourth-order valence-electron chi connectivity index (χ4n) is 6.25. The summed E-state index contributed by atoms with van der Waals surface area (Å²) in [6.07, 6.45) is 21.0. The highest BCUT2D eigenvalue weighted by molar-refractivity contribution is 7.91. The number of sulfone groups is 1. The first kappa shape index (κ1) is 70.5. The molecule has 9 fully saturated rings. The van der Waals surface area contributed by atoms with Crippen molar-refractivity contribution in [3.8, 4) is 0 Å². The number of ketones is 2. The molecule has 19 heteroatoms. The molecule has 9 rings (SSSR count). The van der Waals surface area contributed by atoms with E-state index in [1.54, 1.807) is 0 Å². The monoisotopic (exact) mass is 959 g/mol. The van der Waals surface area contributed by atoms with Crippen molar-refractivity contribution in [2.75, 3.05) is 95.8 Å². The molecule has 0 spiro atoms. The molecule has 8 heterocycles. The molecule has 8 aliphatic heterocycles. The predicted molar refractivity (Wildman–Crippen MR) is 267 cm³/mol. The Balaban J connectivity index is -0.000000202. The van der Waals surface area contributed by atoms with Gasteiger partial charge in [0.25, 0.3) is 0 Å². The van der Waals surface area contributed by atoms with E-state index in [1.807, 2.05) is 0 Å². The standard InChI is InChI=1S/C6H11NO.2C5H11N.C5H8O.C4H8N2O.2C4H7NO.C4H8O2S.C3H7NO2S.5CH4/c8-6-2-1-4-7-5-3-6;2*1-2-4-6-5-3-1;6-5-3-1-2-4-5;7-4-3-5-1-2-6-4;2*6-4-2-1-3-5-4;2*5-7(6)3-1-2-4-7;;;;;/h7H,1-5H2;2*6H,1-5H2;1-4H2;5H,1-3H2,(H,6,7);2*1-3H2,(H,5,6);1-4H2;4H,1-3H2;5*1H4. The molecular weight excluding hydrogens is 861 g/mol. The van der Waals surface area contributed by atoms with Crippen molar-refractivity contribution in [3.63, 3.8) is 0 Å². The molecular formula is C45H98N8O9S2. The Bertz CT molecular complexity index is 1190. The number of piperazine rings is 1.